The molecule has 80 valence electrons. The van der Waals surface area contributed by atoms with Gasteiger partial charge in [0.15, 0.2) is 0 Å². The highest BCUT2D eigenvalue weighted by atomic mass is 16.3. The van der Waals surface area contributed by atoms with Gasteiger partial charge in [-0.2, -0.15) is 0 Å². The summed E-state index contributed by atoms with van der Waals surface area (Å²) < 4.78 is 5.36. The van der Waals surface area contributed by atoms with Crippen molar-refractivity contribution in [3.05, 3.63) is 42.4 Å². The van der Waals surface area contributed by atoms with Crippen molar-refractivity contribution in [1.29, 1.82) is 0 Å². The van der Waals surface area contributed by atoms with E-state index in [1.807, 2.05) is 18.3 Å². The molecule has 2 aromatic rings. The molecule has 0 radical (unpaired) electrons. The lowest BCUT2D eigenvalue weighted by atomic mass is 10.2. The molecule has 0 aliphatic carbocycles. The van der Waals surface area contributed by atoms with Crippen molar-refractivity contribution in [2.75, 3.05) is 0 Å². The molecule has 2 heterocycles. The minimum absolute atomic E-state index is 0.255. The van der Waals surface area contributed by atoms with Crippen LogP contribution in [0.2, 0.25) is 0 Å². The van der Waals surface area contributed by atoms with E-state index in [1.165, 1.54) is 0 Å². The fourth-order valence-corrected chi connectivity index (χ4v) is 1.55. The summed E-state index contributed by atoms with van der Waals surface area (Å²) in [5.41, 5.74) is 0. The highest BCUT2D eigenvalue weighted by molar-refractivity contribution is 5.04. The molecule has 2 rings (SSSR count). The topological polar surface area (TPSA) is 53.9 Å². The second kappa shape index (κ2) is 4.79. The third-order valence-electron chi connectivity index (χ3n) is 2.37. The average Bonchev–Trinajstić information content (AvgIpc) is 2.90. The van der Waals surface area contributed by atoms with E-state index in [1.54, 1.807) is 12.5 Å². The summed E-state index contributed by atoms with van der Waals surface area (Å²) in [5, 5.41) is 3.39. The van der Waals surface area contributed by atoms with Crippen LogP contribution in [-0.2, 0) is 6.54 Å². The summed E-state index contributed by atoms with van der Waals surface area (Å²) >= 11 is 0. The van der Waals surface area contributed by atoms with Gasteiger partial charge < -0.3 is 14.7 Å². The fraction of sp³-hybridized carbons (Fsp3) is 0.364. The molecule has 0 spiro atoms. The van der Waals surface area contributed by atoms with Gasteiger partial charge in [0.2, 0.25) is 0 Å². The Morgan fingerprint density at radius 3 is 3.13 bits per heavy atom. The smallest absolute Gasteiger partial charge is 0.120 e. The Labute approximate surface area is 88.7 Å². The summed E-state index contributed by atoms with van der Waals surface area (Å²) in [5.74, 6) is 1.92. The van der Waals surface area contributed by atoms with E-state index in [4.69, 9.17) is 4.42 Å². The first-order chi connectivity index (χ1) is 7.40. The maximum Gasteiger partial charge on any atom is 0.120 e. The Hall–Kier alpha value is -1.55. The molecule has 0 aliphatic rings. The van der Waals surface area contributed by atoms with Crippen molar-refractivity contribution in [3.63, 3.8) is 0 Å². The number of aromatic amines is 1. The first-order valence-electron chi connectivity index (χ1n) is 5.15. The van der Waals surface area contributed by atoms with Gasteiger partial charge in [-0.05, 0) is 18.6 Å². The van der Waals surface area contributed by atoms with Gasteiger partial charge >= 0.3 is 0 Å². The lowest BCUT2D eigenvalue weighted by molar-refractivity contribution is 0.400. The summed E-state index contributed by atoms with van der Waals surface area (Å²) in [6, 6.07) is 4.15. The van der Waals surface area contributed by atoms with E-state index in [2.05, 4.69) is 22.2 Å². The number of hydrogen-bond acceptors (Lipinski definition) is 3. The van der Waals surface area contributed by atoms with Crippen molar-refractivity contribution in [3.8, 4) is 0 Å². The molecular weight excluding hydrogens is 190 g/mol. The molecule has 0 bridgehead atoms. The summed E-state index contributed by atoms with van der Waals surface area (Å²) in [7, 11) is 0. The number of hydrogen-bond donors (Lipinski definition) is 2. The molecule has 1 unspecified atom stereocenters. The van der Waals surface area contributed by atoms with Gasteiger partial charge in [-0.25, -0.2) is 4.98 Å². The van der Waals surface area contributed by atoms with Crippen molar-refractivity contribution in [2.45, 2.75) is 25.9 Å². The van der Waals surface area contributed by atoms with Gasteiger partial charge in [-0.1, -0.05) is 6.92 Å². The molecule has 2 aromatic heterocycles. The molecule has 0 aliphatic heterocycles. The number of imidazole rings is 1. The maximum atomic E-state index is 5.36. The van der Waals surface area contributed by atoms with Crippen LogP contribution in [0.15, 0.2) is 35.2 Å². The van der Waals surface area contributed by atoms with Gasteiger partial charge in [0.05, 0.1) is 18.8 Å². The number of rotatable bonds is 5. The van der Waals surface area contributed by atoms with Crippen LogP contribution < -0.4 is 5.32 Å². The maximum absolute atomic E-state index is 5.36. The summed E-state index contributed by atoms with van der Waals surface area (Å²) in [6.07, 6.45) is 6.27. The van der Waals surface area contributed by atoms with Crippen LogP contribution >= 0.6 is 0 Å². The van der Waals surface area contributed by atoms with Crippen LogP contribution in [0.1, 0.15) is 31.0 Å². The first-order valence-corrected chi connectivity index (χ1v) is 5.15. The quantitative estimate of drug-likeness (QED) is 0.787. The SMILES string of the molecule is CCC(NCc1ncc[nH]1)c1ccco1. The zero-order chi connectivity index (χ0) is 10.5. The Morgan fingerprint density at radius 2 is 2.53 bits per heavy atom. The van der Waals surface area contributed by atoms with Crippen molar-refractivity contribution >= 4 is 0 Å². The minimum atomic E-state index is 0.255. The number of furan rings is 1. The second-order valence-electron chi connectivity index (χ2n) is 3.39. The number of nitrogens with zero attached hydrogens (tertiary/aromatic N) is 1. The van der Waals surface area contributed by atoms with Gasteiger partial charge in [0, 0.05) is 12.4 Å². The van der Waals surface area contributed by atoms with E-state index >= 15 is 0 Å². The zero-order valence-electron chi connectivity index (χ0n) is 8.73. The van der Waals surface area contributed by atoms with Crippen LogP contribution in [0.25, 0.3) is 0 Å². The monoisotopic (exact) mass is 205 g/mol. The lowest BCUT2D eigenvalue weighted by Gasteiger charge is -2.13. The highest BCUT2D eigenvalue weighted by Gasteiger charge is 2.11. The Balaban J connectivity index is 1.92. The van der Waals surface area contributed by atoms with Gasteiger partial charge in [0.25, 0.3) is 0 Å². The standard InChI is InChI=1S/C11H15N3O/c1-2-9(10-4-3-7-15-10)14-8-11-12-5-6-13-11/h3-7,9,14H,2,8H2,1H3,(H,12,13). The zero-order valence-corrected chi connectivity index (χ0v) is 8.73. The van der Waals surface area contributed by atoms with Crippen molar-refractivity contribution in [2.24, 2.45) is 0 Å². The molecule has 4 heteroatoms. The number of aromatic nitrogens is 2. The predicted molar refractivity (Wildman–Crippen MR) is 57.2 cm³/mol. The van der Waals surface area contributed by atoms with E-state index in [0.717, 1.165) is 24.6 Å². The van der Waals surface area contributed by atoms with E-state index in [0.29, 0.717) is 0 Å². The van der Waals surface area contributed by atoms with Gasteiger partial charge in [-0.15, -0.1) is 0 Å². The van der Waals surface area contributed by atoms with Crippen LogP contribution in [0.3, 0.4) is 0 Å². The molecular formula is C11H15N3O. The largest absolute Gasteiger partial charge is 0.468 e. The van der Waals surface area contributed by atoms with Gasteiger partial charge in [-0.3, -0.25) is 0 Å². The predicted octanol–water partition coefficient (Wildman–Crippen LogP) is 2.24. The molecule has 0 saturated heterocycles. The van der Waals surface area contributed by atoms with Crippen LogP contribution in [-0.4, -0.2) is 9.97 Å². The third-order valence-corrected chi connectivity index (χ3v) is 2.37. The summed E-state index contributed by atoms with van der Waals surface area (Å²) in [4.78, 5) is 7.21. The van der Waals surface area contributed by atoms with Crippen LogP contribution in [0, 0.1) is 0 Å². The van der Waals surface area contributed by atoms with E-state index in [-0.39, 0.29) is 6.04 Å². The minimum Gasteiger partial charge on any atom is -0.468 e. The van der Waals surface area contributed by atoms with Crippen molar-refractivity contribution < 1.29 is 4.42 Å². The number of H-pyrrole nitrogens is 1. The number of nitrogens with one attached hydrogen (secondary N) is 2. The van der Waals surface area contributed by atoms with Gasteiger partial charge in [0.1, 0.15) is 11.6 Å². The van der Waals surface area contributed by atoms with Crippen molar-refractivity contribution in [1.82, 2.24) is 15.3 Å². The molecule has 2 N–H and O–H groups in total. The third kappa shape index (κ3) is 2.47. The molecule has 0 amide bonds. The molecule has 0 saturated carbocycles. The second-order valence-corrected chi connectivity index (χ2v) is 3.39. The molecule has 1 atom stereocenters. The highest BCUT2D eigenvalue weighted by Crippen LogP contribution is 2.16. The molecule has 15 heavy (non-hydrogen) atoms. The molecule has 0 fully saturated rings. The van der Waals surface area contributed by atoms with Crippen LogP contribution in [0.5, 0.6) is 0 Å². The molecule has 0 aromatic carbocycles. The Bertz CT molecular complexity index is 366. The summed E-state index contributed by atoms with van der Waals surface area (Å²) in [6.45, 7) is 2.86. The van der Waals surface area contributed by atoms with Crippen LogP contribution in [0.4, 0.5) is 0 Å². The fourth-order valence-electron chi connectivity index (χ4n) is 1.55. The Morgan fingerprint density at radius 1 is 1.60 bits per heavy atom. The molecule has 4 nitrogen and oxygen atoms in total. The lowest BCUT2D eigenvalue weighted by Crippen LogP contribution is -2.20. The normalized spacial score (nSPS) is 12.9. The Kier molecular flexibility index (Phi) is 3.19. The average molecular weight is 205 g/mol. The first kappa shape index (κ1) is 9.98. The van der Waals surface area contributed by atoms with E-state index in [9.17, 15) is 0 Å². The van der Waals surface area contributed by atoms with E-state index < -0.39 is 0 Å².